The van der Waals surface area contributed by atoms with Crippen molar-refractivity contribution in [2.24, 2.45) is 0 Å². The molecular weight excluding hydrogens is 356 g/mol. The number of benzene rings is 2. The fraction of sp³-hybridized carbons (Fsp3) is 0.455. The van der Waals surface area contributed by atoms with Gasteiger partial charge in [0, 0.05) is 12.2 Å². The molecule has 1 N–H and O–H groups in total. The van der Waals surface area contributed by atoms with E-state index in [0.717, 1.165) is 38.0 Å². The summed E-state index contributed by atoms with van der Waals surface area (Å²) in [5.41, 5.74) is 3.06. The number of rotatable bonds is 8. The zero-order chi connectivity index (χ0) is 19.3. The molecule has 0 bridgehead atoms. The zero-order valence-electron chi connectivity index (χ0n) is 16.3. The second kappa shape index (κ2) is 8.89. The van der Waals surface area contributed by atoms with Crippen LogP contribution < -0.4 is 4.72 Å². The van der Waals surface area contributed by atoms with Crippen LogP contribution >= 0.6 is 0 Å². The molecule has 3 rings (SSSR count). The second-order valence-electron chi connectivity index (χ2n) is 7.41. The number of hydrogen-bond acceptors (Lipinski definition) is 3. The van der Waals surface area contributed by atoms with Crippen molar-refractivity contribution in [1.82, 2.24) is 4.90 Å². The molecule has 2 aromatic rings. The third-order valence-corrected chi connectivity index (χ3v) is 6.62. The monoisotopic (exact) mass is 386 g/mol. The lowest BCUT2D eigenvalue weighted by Crippen LogP contribution is -2.20. The van der Waals surface area contributed by atoms with Crippen molar-refractivity contribution in [2.45, 2.75) is 50.3 Å². The number of aryl methyl sites for hydroxylation is 1. The summed E-state index contributed by atoms with van der Waals surface area (Å²) in [7, 11) is -3.55. The molecule has 5 heteroatoms. The Morgan fingerprint density at radius 2 is 1.70 bits per heavy atom. The minimum Gasteiger partial charge on any atom is -0.303 e. The van der Waals surface area contributed by atoms with Crippen molar-refractivity contribution in [3.8, 4) is 0 Å². The van der Waals surface area contributed by atoms with Crippen molar-refractivity contribution < 1.29 is 8.42 Å². The van der Waals surface area contributed by atoms with Crippen LogP contribution in [0.25, 0.3) is 0 Å². The topological polar surface area (TPSA) is 49.4 Å². The van der Waals surface area contributed by atoms with Gasteiger partial charge in [-0.1, -0.05) is 44.5 Å². The largest absolute Gasteiger partial charge is 0.303 e. The number of hydrogen-bond donors (Lipinski definition) is 1. The van der Waals surface area contributed by atoms with E-state index in [1.165, 1.54) is 18.4 Å². The Labute approximate surface area is 163 Å². The van der Waals surface area contributed by atoms with E-state index in [2.05, 4.69) is 35.6 Å². The molecule has 1 atom stereocenters. The maximum Gasteiger partial charge on any atom is 0.261 e. The smallest absolute Gasteiger partial charge is 0.261 e. The van der Waals surface area contributed by atoms with Gasteiger partial charge in [-0.15, -0.1) is 0 Å². The summed E-state index contributed by atoms with van der Waals surface area (Å²) in [6.45, 7) is 7.74. The number of nitrogens with zero attached hydrogens (tertiary/aromatic N) is 1. The van der Waals surface area contributed by atoms with E-state index in [-0.39, 0.29) is 0 Å². The van der Waals surface area contributed by atoms with E-state index >= 15 is 0 Å². The molecule has 146 valence electrons. The predicted molar refractivity (Wildman–Crippen MR) is 112 cm³/mol. The Balaban J connectivity index is 1.65. The Hall–Kier alpha value is -1.85. The molecule has 0 amide bonds. The highest BCUT2D eigenvalue weighted by atomic mass is 32.2. The lowest BCUT2D eigenvalue weighted by Gasteiger charge is -2.15. The molecule has 0 saturated carbocycles. The summed E-state index contributed by atoms with van der Waals surface area (Å²) in [6.07, 6.45) is 4.38. The molecule has 0 aromatic heterocycles. The van der Waals surface area contributed by atoms with Gasteiger partial charge in [0.25, 0.3) is 10.0 Å². The minimum absolute atomic E-state index is 0.303. The SMILES string of the molecule is CCCc1ccc(S(=O)(=O)Nc2ccc(C3CCN(CCC)C3)cc2)cc1. The molecular formula is C22H30N2O2S. The predicted octanol–water partition coefficient (Wildman–Crippen LogP) is 4.64. The van der Waals surface area contributed by atoms with Crippen LogP contribution in [0.1, 0.15) is 50.2 Å². The summed E-state index contributed by atoms with van der Waals surface area (Å²) >= 11 is 0. The Kier molecular flexibility index (Phi) is 6.55. The van der Waals surface area contributed by atoms with E-state index in [1.807, 2.05) is 24.3 Å². The van der Waals surface area contributed by atoms with Crippen molar-refractivity contribution in [2.75, 3.05) is 24.4 Å². The normalized spacial score (nSPS) is 17.9. The van der Waals surface area contributed by atoms with Gasteiger partial charge in [0.2, 0.25) is 0 Å². The van der Waals surface area contributed by atoms with Crippen molar-refractivity contribution >= 4 is 15.7 Å². The quantitative estimate of drug-likeness (QED) is 0.719. The summed E-state index contributed by atoms with van der Waals surface area (Å²) < 4.78 is 27.9. The van der Waals surface area contributed by atoms with Gasteiger partial charge >= 0.3 is 0 Å². The molecule has 2 aromatic carbocycles. The number of sulfonamides is 1. The molecule has 1 unspecified atom stereocenters. The molecule has 0 radical (unpaired) electrons. The number of likely N-dealkylation sites (tertiary alicyclic amines) is 1. The van der Waals surface area contributed by atoms with Gasteiger partial charge in [0.05, 0.1) is 4.90 Å². The molecule has 0 aliphatic carbocycles. The number of anilines is 1. The molecule has 1 saturated heterocycles. The van der Waals surface area contributed by atoms with Crippen LogP contribution in [0.2, 0.25) is 0 Å². The van der Waals surface area contributed by atoms with Gasteiger partial charge in [0.15, 0.2) is 0 Å². The zero-order valence-corrected chi connectivity index (χ0v) is 17.1. The first-order valence-electron chi connectivity index (χ1n) is 9.96. The maximum absolute atomic E-state index is 12.6. The minimum atomic E-state index is -3.55. The van der Waals surface area contributed by atoms with E-state index in [0.29, 0.717) is 16.5 Å². The van der Waals surface area contributed by atoms with E-state index in [1.54, 1.807) is 12.1 Å². The third kappa shape index (κ3) is 5.11. The first kappa shape index (κ1) is 19.9. The van der Waals surface area contributed by atoms with Gasteiger partial charge < -0.3 is 4.90 Å². The highest BCUT2D eigenvalue weighted by molar-refractivity contribution is 7.92. The average molecular weight is 387 g/mol. The van der Waals surface area contributed by atoms with E-state index in [4.69, 9.17) is 0 Å². The van der Waals surface area contributed by atoms with Crippen LogP contribution in [-0.4, -0.2) is 33.0 Å². The summed E-state index contributed by atoms with van der Waals surface area (Å²) in [4.78, 5) is 2.81. The third-order valence-electron chi connectivity index (χ3n) is 5.22. The van der Waals surface area contributed by atoms with Crippen molar-refractivity contribution in [1.29, 1.82) is 0 Å². The van der Waals surface area contributed by atoms with Crippen LogP contribution in [0.5, 0.6) is 0 Å². The Bertz CT molecular complexity index is 830. The molecule has 1 heterocycles. The average Bonchev–Trinajstić information content (AvgIpc) is 3.12. The highest BCUT2D eigenvalue weighted by Crippen LogP contribution is 2.28. The molecule has 1 aliphatic heterocycles. The lowest BCUT2D eigenvalue weighted by atomic mass is 9.98. The van der Waals surface area contributed by atoms with Crippen LogP contribution in [0.15, 0.2) is 53.4 Å². The second-order valence-corrected chi connectivity index (χ2v) is 9.09. The standard InChI is InChI=1S/C22H30N2O2S/c1-3-5-18-6-12-22(13-7-18)27(25,26)23-21-10-8-19(9-11-21)20-14-16-24(17-20)15-4-2/h6-13,20,23H,3-5,14-17H2,1-2H3. The van der Waals surface area contributed by atoms with Gasteiger partial charge in [-0.2, -0.15) is 0 Å². The van der Waals surface area contributed by atoms with Crippen LogP contribution in [0.3, 0.4) is 0 Å². The maximum atomic E-state index is 12.6. The molecule has 0 spiro atoms. The summed E-state index contributed by atoms with van der Waals surface area (Å²) in [5.74, 6) is 0.549. The summed E-state index contributed by atoms with van der Waals surface area (Å²) in [6, 6.07) is 15.0. The Morgan fingerprint density at radius 1 is 1.00 bits per heavy atom. The lowest BCUT2D eigenvalue weighted by molar-refractivity contribution is 0.335. The molecule has 1 aliphatic rings. The first-order chi connectivity index (χ1) is 13.0. The molecule has 27 heavy (non-hydrogen) atoms. The van der Waals surface area contributed by atoms with Crippen molar-refractivity contribution in [3.63, 3.8) is 0 Å². The molecule has 1 fully saturated rings. The fourth-order valence-corrected chi connectivity index (χ4v) is 4.84. The first-order valence-corrected chi connectivity index (χ1v) is 11.4. The fourth-order valence-electron chi connectivity index (χ4n) is 3.79. The molecule has 4 nitrogen and oxygen atoms in total. The Morgan fingerprint density at radius 3 is 2.33 bits per heavy atom. The van der Waals surface area contributed by atoms with Crippen LogP contribution in [0.4, 0.5) is 5.69 Å². The van der Waals surface area contributed by atoms with Gasteiger partial charge in [-0.3, -0.25) is 4.72 Å². The van der Waals surface area contributed by atoms with Gasteiger partial charge in [-0.05, 0) is 73.7 Å². The van der Waals surface area contributed by atoms with Crippen molar-refractivity contribution in [3.05, 3.63) is 59.7 Å². The van der Waals surface area contributed by atoms with E-state index < -0.39 is 10.0 Å². The van der Waals surface area contributed by atoms with Gasteiger partial charge in [0.1, 0.15) is 0 Å². The summed E-state index contributed by atoms with van der Waals surface area (Å²) in [5, 5.41) is 0. The number of nitrogens with one attached hydrogen (secondary N) is 1. The van der Waals surface area contributed by atoms with E-state index in [9.17, 15) is 8.42 Å². The highest BCUT2D eigenvalue weighted by Gasteiger charge is 2.23. The van der Waals surface area contributed by atoms with Crippen LogP contribution in [-0.2, 0) is 16.4 Å². The van der Waals surface area contributed by atoms with Crippen LogP contribution in [0, 0.1) is 0 Å². The van der Waals surface area contributed by atoms with Gasteiger partial charge in [-0.25, -0.2) is 8.42 Å².